The summed E-state index contributed by atoms with van der Waals surface area (Å²) >= 11 is 0. The molecule has 3 aliphatic heterocycles. The van der Waals surface area contributed by atoms with Gasteiger partial charge in [0.25, 0.3) is 0 Å². The third-order valence-electron chi connectivity index (χ3n) is 3.75. The maximum absolute atomic E-state index is 13.2. The Morgan fingerprint density at radius 3 is 2.84 bits per heavy atom. The van der Waals surface area contributed by atoms with Gasteiger partial charge in [0.05, 0.1) is 20.7 Å². The van der Waals surface area contributed by atoms with Crippen molar-refractivity contribution in [2.75, 3.05) is 13.2 Å². The molecule has 1 unspecified atom stereocenters. The molecule has 0 radical (unpaired) electrons. The summed E-state index contributed by atoms with van der Waals surface area (Å²) in [4.78, 5) is 0. The van der Waals surface area contributed by atoms with Gasteiger partial charge in [0, 0.05) is 11.5 Å². The summed E-state index contributed by atoms with van der Waals surface area (Å²) in [5.74, 6) is -1.52. The molecule has 1 aromatic rings. The summed E-state index contributed by atoms with van der Waals surface area (Å²) < 4.78 is 38.5. The zero-order valence-corrected chi connectivity index (χ0v) is 11.0. The quantitative estimate of drug-likeness (QED) is 0.839. The Morgan fingerprint density at radius 2 is 2.16 bits per heavy atom. The van der Waals surface area contributed by atoms with Gasteiger partial charge in [-0.3, -0.25) is 0 Å². The molecule has 3 aliphatic rings. The Balaban J connectivity index is 1.87. The minimum atomic E-state index is -1.32. The van der Waals surface area contributed by atoms with E-state index in [2.05, 4.69) is 6.92 Å². The third kappa shape index (κ3) is 2.40. The van der Waals surface area contributed by atoms with Gasteiger partial charge in [-0.1, -0.05) is 19.8 Å². The van der Waals surface area contributed by atoms with Crippen molar-refractivity contribution in [2.24, 2.45) is 5.92 Å². The first-order chi connectivity index (χ1) is 9.64. The van der Waals surface area contributed by atoms with Crippen molar-refractivity contribution in [2.45, 2.75) is 38.3 Å². The average molecular weight is 268 g/mol. The van der Waals surface area contributed by atoms with E-state index >= 15 is 0 Å². The number of rotatable bonds is 4. The molecule has 3 nitrogen and oxygen atoms in total. The SMILES string of the molecule is [3H]c1cc(F)ccc1C12OCC(CO1)C(CCCC)O2. The number of benzene rings is 1. The molecule has 3 heterocycles. The van der Waals surface area contributed by atoms with Crippen LogP contribution >= 0.6 is 0 Å². The monoisotopic (exact) mass is 268 g/mol. The molecule has 104 valence electrons. The molecule has 1 aromatic carbocycles. The number of unbranched alkanes of at least 4 members (excludes halogenated alkanes) is 1. The van der Waals surface area contributed by atoms with Gasteiger partial charge in [-0.2, -0.15) is 0 Å². The van der Waals surface area contributed by atoms with Crippen molar-refractivity contribution in [3.05, 3.63) is 35.6 Å². The lowest BCUT2D eigenvalue weighted by Gasteiger charge is -2.49. The normalized spacial score (nSPS) is 34.3. The fourth-order valence-corrected chi connectivity index (χ4v) is 2.62. The van der Waals surface area contributed by atoms with Crippen LogP contribution in [0, 0.1) is 11.7 Å². The second-order valence-corrected chi connectivity index (χ2v) is 5.16. The zero-order chi connectivity index (χ0) is 14.2. The summed E-state index contributed by atoms with van der Waals surface area (Å²) in [5, 5.41) is 0. The zero-order valence-electron chi connectivity index (χ0n) is 12.0. The number of halogens is 1. The van der Waals surface area contributed by atoms with Crippen molar-refractivity contribution < 1.29 is 20.0 Å². The Morgan fingerprint density at radius 1 is 1.37 bits per heavy atom. The second kappa shape index (κ2) is 5.19. The molecule has 0 saturated carbocycles. The topological polar surface area (TPSA) is 27.7 Å². The maximum atomic E-state index is 13.2. The minimum absolute atomic E-state index is 0.0413. The molecule has 2 bridgehead atoms. The fraction of sp³-hybridized carbons (Fsp3) is 0.600. The van der Waals surface area contributed by atoms with Crippen LogP contribution < -0.4 is 0 Å². The lowest BCUT2D eigenvalue weighted by Crippen LogP contribution is -2.56. The van der Waals surface area contributed by atoms with E-state index in [-0.39, 0.29) is 18.1 Å². The van der Waals surface area contributed by atoms with E-state index in [1.165, 1.54) is 12.1 Å². The van der Waals surface area contributed by atoms with Crippen molar-refractivity contribution in [3.8, 4) is 0 Å². The van der Waals surface area contributed by atoms with E-state index in [4.69, 9.17) is 15.6 Å². The molecular formula is C15H19FO3. The molecule has 0 aromatic heterocycles. The van der Waals surface area contributed by atoms with Crippen LogP contribution in [0.25, 0.3) is 0 Å². The van der Waals surface area contributed by atoms with E-state index in [1.54, 1.807) is 0 Å². The first-order valence-electron chi connectivity index (χ1n) is 7.37. The van der Waals surface area contributed by atoms with Gasteiger partial charge in [0.15, 0.2) is 0 Å². The van der Waals surface area contributed by atoms with Gasteiger partial charge in [-0.25, -0.2) is 4.39 Å². The number of hydrogen-bond acceptors (Lipinski definition) is 3. The van der Waals surface area contributed by atoms with Crippen LogP contribution in [-0.4, -0.2) is 19.3 Å². The first kappa shape index (κ1) is 11.8. The maximum Gasteiger partial charge on any atom is 0.312 e. The molecule has 19 heavy (non-hydrogen) atoms. The highest BCUT2D eigenvalue weighted by atomic mass is 19.1. The van der Waals surface area contributed by atoms with E-state index in [9.17, 15) is 4.39 Å². The standard InChI is InChI=1S/C15H19FO3/c1-2-3-4-14-11-9-17-15(19-14,18-10-11)12-5-7-13(16)8-6-12/h5-8,11,14H,2-4,9-10H2,1H3/i5T. The van der Waals surface area contributed by atoms with Crippen LogP contribution in [0.4, 0.5) is 4.39 Å². The highest BCUT2D eigenvalue weighted by molar-refractivity contribution is 5.20. The summed E-state index contributed by atoms with van der Waals surface area (Å²) in [5.41, 5.74) is 0.443. The summed E-state index contributed by atoms with van der Waals surface area (Å²) in [6.07, 6.45) is 3.25. The predicted octanol–water partition coefficient (Wildman–Crippen LogP) is 3.19. The van der Waals surface area contributed by atoms with E-state index < -0.39 is 11.8 Å². The van der Waals surface area contributed by atoms with Gasteiger partial charge in [-0.15, -0.1) is 0 Å². The molecule has 1 atom stereocenters. The largest absolute Gasteiger partial charge is 0.323 e. The van der Waals surface area contributed by atoms with Crippen LogP contribution in [0.5, 0.6) is 0 Å². The van der Waals surface area contributed by atoms with Crippen LogP contribution in [0.2, 0.25) is 0 Å². The van der Waals surface area contributed by atoms with Crippen LogP contribution in [0.1, 0.15) is 33.1 Å². The molecule has 0 amide bonds. The molecule has 3 saturated heterocycles. The summed E-state index contributed by atoms with van der Waals surface area (Å²) in [6, 6.07) is 4.02. The Hall–Kier alpha value is -0.970. The minimum Gasteiger partial charge on any atom is -0.323 e. The van der Waals surface area contributed by atoms with Gasteiger partial charge in [0.1, 0.15) is 5.82 Å². The Bertz CT molecular complexity index is 486. The van der Waals surface area contributed by atoms with Crippen molar-refractivity contribution in [1.82, 2.24) is 0 Å². The van der Waals surface area contributed by atoms with Crippen LogP contribution in [0.3, 0.4) is 0 Å². The molecular weight excluding hydrogens is 247 g/mol. The van der Waals surface area contributed by atoms with Gasteiger partial charge in [-0.05, 0) is 30.7 Å². The van der Waals surface area contributed by atoms with E-state index in [0.29, 0.717) is 18.8 Å². The smallest absolute Gasteiger partial charge is 0.312 e. The number of fused-ring (bicyclic) bond motifs is 3. The molecule has 4 heteroatoms. The van der Waals surface area contributed by atoms with Crippen LogP contribution in [0.15, 0.2) is 24.2 Å². The van der Waals surface area contributed by atoms with E-state index in [1.807, 2.05) is 0 Å². The van der Waals surface area contributed by atoms with Crippen LogP contribution in [-0.2, 0) is 20.2 Å². The predicted molar refractivity (Wildman–Crippen MR) is 67.9 cm³/mol. The van der Waals surface area contributed by atoms with Crippen molar-refractivity contribution >= 4 is 0 Å². The molecule has 3 fully saturated rings. The second-order valence-electron chi connectivity index (χ2n) is 5.16. The average Bonchev–Trinajstić information content (AvgIpc) is 2.46. The van der Waals surface area contributed by atoms with Gasteiger partial charge >= 0.3 is 5.97 Å². The lowest BCUT2D eigenvalue weighted by atomic mass is 9.95. The number of hydrogen-bond donors (Lipinski definition) is 0. The first-order valence-corrected chi connectivity index (χ1v) is 6.87. The highest BCUT2D eigenvalue weighted by Crippen LogP contribution is 2.43. The van der Waals surface area contributed by atoms with Gasteiger partial charge < -0.3 is 14.2 Å². The van der Waals surface area contributed by atoms with Gasteiger partial charge in [0.2, 0.25) is 0 Å². The number of ether oxygens (including phenoxy) is 3. The summed E-state index contributed by atoms with van der Waals surface area (Å²) in [6.45, 7) is 3.27. The molecule has 4 rings (SSSR count). The Kier molecular flexibility index (Phi) is 3.23. The summed E-state index contributed by atoms with van der Waals surface area (Å²) in [7, 11) is 0. The third-order valence-corrected chi connectivity index (χ3v) is 3.75. The molecule has 0 spiro atoms. The fourth-order valence-electron chi connectivity index (χ4n) is 2.62. The van der Waals surface area contributed by atoms with Crippen molar-refractivity contribution in [1.29, 1.82) is 0 Å². The highest BCUT2D eigenvalue weighted by Gasteiger charge is 2.50. The Labute approximate surface area is 114 Å². The van der Waals surface area contributed by atoms with E-state index in [0.717, 1.165) is 25.3 Å². The van der Waals surface area contributed by atoms with Crippen molar-refractivity contribution in [3.63, 3.8) is 0 Å². The molecule has 0 N–H and O–H groups in total. The molecule has 0 aliphatic carbocycles. The lowest BCUT2D eigenvalue weighted by molar-refractivity contribution is -0.479.